The Balaban J connectivity index is 0.00000353. The number of aromatic nitrogens is 2. The summed E-state index contributed by atoms with van der Waals surface area (Å²) >= 11 is 6.49. The first kappa shape index (κ1) is 28.7. The molecule has 2 bridgehead atoms. The Labute approximate surface area is 232 Å². The number of ether oxygens (including phenoxy) is 1. The zero-order chi connectivity index (χ0) is 27.0. The van der Waals surface area contributed by atoms with Crippen molar-refractivity contribution in [3.8, 4) is 17.1 Å². The number of aliphatic hydroxyl groups excluding tert-OH is 2. The van der Waals surface area contributed by atoms with Crippen molar-refractivity contribution in [2.75, 3.05) is 41.4 Å². The number of benzene rings is 1. The summed E-state index contributed by atoms with van der Waals surface area (Å²) in [6, 6.07) is 8.69. The van der Waals surface area contributed by atoms with Gasteiger partial charge in [-0.05, 0) is 30.7 Å². The molecule has 5 rings (SSSR count). The van der Waals surface area contributed by atoms with Gasteiger partial charge in [0.25, 0.3) is 0 Å². The lowest BCUT2D eigenvalue weighted by Crippen LogP contribution is -2.48. The summed E-state index contributed by atoms with van der Waals surface area (Å²) < 4.78 is 45.3. The van der Waals surface area contributed by atoms with E-state index in [-0.39, 0.29) is 47.2 Å². The smallest absolute Gasteiger partial charge is 0.416 e. The number of fused-ring (bicyclic) bond motifs is 4. The van der Waals surface area contributed by atoms with Crippen LogP contribution in [-0.4, -0.2) is 64.7 Å². The second kappa shape index (κ2) is 11.4. The molecule has 2 aliphatic rings. The molecule has 2 aliphatic heterocycles. The van der Waals surface area contributed by atoms with Gasteiger partial charge >= 0.3 is 12.2 Å². The number of carbonyl (C=O) groups excluding carboxylic acids is 1. The summed E-state index contributed by atoms with van der Waals surface area (Å²) in [5.74, 6) is 0.433. The topological polar surface area (TPSA) is 111 Å². The molecule has 0 spiro atoms. The van der Waals surface area contributed by atoms with Crippen molar-refractivity contribution >= 4 is 47.2 Å². The molecule has 0 unspecified atom stereocenters. The van der Waals surface area contributed by atoms with E-state index < -0.39 is 30.5 Å². The van der Waals surface area contributed by atoms with Gasteiger partial charge in [-0.1, -0.05) is 23.7 Å². The van der Waals surface area contributed by atoms with Gasteiger partial charge < -0.3 is 25.2 Å². The minimum Gasteiger partial charge on any atom is -0.475 e. The maximum absolute atomic E-state index is 13.5. The van der Waals surface area contributed by atoms with E-state index in [1.54, 1.807) is 12.1 Å². The Morgan fingerprint density at radius 1 is 1.26 bits per heavy atom. The largest absolute Gasteiger partial charge is 0.475 e. The molecular formula is C25H24Cl2F3N5O4. The number of nitrogens with one attached hydrogen (secondary N) is 1. The van der Waals surface area contributed by atoms with Crippen LogP contribution in [0.2, 0.25) is 5.02 Å². The number of hydrogen-bond donors (Lipinski definition) is 3. The van der Waals surface area contributed by atoms with Crippen LogP contribution < -0.4 is 19.9 Å². The first-order chi connectivity index (χ1) is 18.1. The van der Waals surface area contributed by atoms with Gasteiger partial charge in [-0.2, -0.15) is 13.2 Å². The van der Waals surface area contributed by atoms with E-state index in [9.17, 15) is 23.1 Å². The first-order valence-corrected chi connectivity index (χ1v) is 12.1. The Bertz CT molecular complexity index is 1360. The highest BCUT2D eigenvalue weighted by molar-refractivity contribution is 6.33. The van der Waals surface area contributed by atoms with Gasteiger partial charge in [-0.15, -0.1) is 12.4 Å². The van der Waals surface area contributed by atoms with Gasteiger partial charge in [0.1, 0.15) is 12.7 Å². The SMILES string of the molecule is Cl.O=C(Nc1ccnc(OC[C@H](O)CO)c1)N1c2nc(-c3cccc(C(F)(F)F)c3)c(Cl)cc2N2CC[C@H]1C2. The number of nitrogens with zero attached hydrogens (tertiary/aromatic N) is 4. The Kier molecular flexibility index (Phi) is 8.40. The molecule has 3 N–H and O–H groups in total. The van der Waals surface area contributed by atoms with Gasteiger partial charge in [0.2, 0.25) is 5.88 Å². The van der Waals surface area contributed by atoms with Crippen LogP contribution in [0, 0.1) is 0 Å². The van der Waals surface area contributed by atoms with E-state index >= 15 is 0 Å². The zero-order valence-electron chi connectivity index (χ0n) is 20.2. The molecule has 1 fully saturated rings. The maximum atomic E-state index is 13.5. The van der Waals surface area contributed by atoms with Gasteiger partial charge in [0, 0.05) is 36.6 Å². The fourth-order valence-corrected chi connectivity index (χ4v) is 4.77. The predicted octanol–water partition coefficient (Wildman–Crippen LogP) is 4.60. The number of anilines is 3. The number of aliphatic hydroxyl groups is 2. The van der Waals surface area contributed by atoms with Crippen molar-refractivity contribution in [3.05, 3.63) is 59.2 Å². The van der Waals surface area contributed by atoms with Gasteiger partial charge in [-0.3, -0.25) is 4.90 Å². The quantitative estimate of drug-likeness (QED) is 0.387. The second-order valence-electron chi connectivity index (χ2n) is 8.96. The van der Waals surface area contributed by atoms with Crippen LogP contribution in [0.1, 0.15) is 12.0 Å². The third-order valence-electron chi connectivity index (χ3n) is 6.34. The van der Waals surface area contributed by atoms with E-state index in [0.717, 1.165) is 12.1 Å². The number of carbonyl (C=O) groups is 1. The summed E-state index contributed by atoms with van der Waals surface area (Å²) in [6.07, 6.45) is -3.52. The molecule has 1 saturated heterocycles. The van der Waals surface area contributed by atoms with Crippen LogP contribution in [0.4, 0.5) is 35.2 Å². The average molecular weight is 586 g/mol. The van der Waals surface area contributed by atoms with E-state index in [1.165, 1.54) is 29.3 Å². The van der Waals surface area contributed by atoms with Crippen molar-refractivity contribution in [2.45, 2.75) is 24.7 Å². The molecule has 4 heterocycles. The third-order valence-corrected chi connectivity index (χ3v) is 6.62. The lowest BCUT2D eigenvalue weighted by Gasteiger charge is -2.36. The Morgan fingerprint density at radius 3 is 2.79 bits per heavy atom. The van der Waals surface area contributed by atoms with E-state index in [0.29, 0.717) is 36.7 Å². The number of amides is 2. The molecule has 0 saturated carbocycles. The fraction of sp³-hybridized carbons (Fsp3) is 0.320. The summed E-state index contributed by atoms with van der Waals surface area (Å²) in [6.45, 7) is 0.581. The third kappa shape index (κ3) is 5.98. The number of rotatable bonds is 6. The summed E-state index contributed by atoms with van der Waals surface area (Å²) in [7, 11) is 0. The van der Waals surface area contributed by atoms with E-state index in [2.05, 4.69) is 15.3 Å². The van der Waals surface area contributed by atoms with Gasteiger partial charge in [-0.25, -0.2) is 14.8 Å². The molecule has 0 radical (unpaired) electrons. The summed E-state index contributed by atoms with van der Waals surface area (Å²) in [5.41, 5.74) is 0.478. The molecule has 1 aromatic carbocycles. The molecule has 9 nitrogen and oxygen atoms in total. The van der Waals surface area contributed by atoms with E-state index in [4.69, 9.17) is 21.4 Å². The number of alkyl halides is 3. The molecule has 2 aromatic heterocycles. The molecule has 0 aliphatic carbocycles. The van der Waals surface area contributed by atoms with Crippen LogP contribution in [-0.2, 0) is 6.18 Å². The molecule has 2 amide bonds. The van der Waals surface area contributed by atoms with Gasteiger partial charge in [0.05, 0.1) is 34.6 Å². The molecular weight excluding hydrogens is 562 g/mol. The van der Waals surface area contributed by atoms with Crippen molar-refractivity contribution in [1.29, 1.82) is 0 Å². The second-order valence-corrected chi connectivity index (χ2v) is 9.37. The molecule has 2 atom stereocenters. The number of halogens is 5. The predicted molar refractivity (Wildman–Crippen MR) is 142 cm³/mol. The van der Waals surface area contributed by atoms with Crippen molar-refractivity contribution < 1.29 is 32.9 Å². The van der Waals surface area contributed by atoms with E-state index in [1.807, 2.05) is 4.90 Å². The molecule has 14 heteroatoms. The van der Waals surface area contributed by atoms with Crippen molar-refractivity contribution in [2.24, 2.45) is 0 Å². The number of urea groups is 1. The Morgan fingerprint density at radius 2 is 2.05 bits per heavy atom. The highest BCUT2D eigenvalue weighted by atomic mass is 35.5. The standard InChI is InChI=1S/C25H23ClF3N5O4.ClH/c26-19-10-20-23(32-22(19)14-2-1-3-15(8-14)25(27,28)29)34(17-5-7-33(20)11-17)24(37)31-16-4-6-30-21(9-16)38-13-18(36)12-35;/h1-4,6,8-10,17-18,35-36H,5,7,11-13H2,(H,30,31,37);1H/t17-,18+;/m0./s1. The normalized spacial score (nSPS) is 16.8. The van der Waals surface area contributed by atoms with Crippen molar-refractivity contribution in [1.82, 2.24) is 9.97 Å². The van der Waals surface area contributed by atoms with Crippen LogP contribution in [0.3, 0.4) is 0 Å². The highest BCUT2D eigenvalue weighted by Gasteiger charge is 2.41. The average Bonchev–Trinajstić information content (AvgIpc) is 3.31. The molecule has 208 valence electrons. The number of pyridine rings is 2. The molecule has 3 aromatic rings. The van der Waals surface area contributed by atoms with Gasteiger partial charge in [0.15, 0.2) is 5.82 Å². The summed E-state index contributed by atoms with van der Waals surface area (Å²) in [4.78, 5) is 25.7. The monoisotopic (exact) mass is 585 g/mol. The van der Waals surface area contributed by atoms with Crippen molar-refractivity contribution in [3.63, 3.8) is 0 Å². The summed E-state index contributed by atoms with van der Waals surface area (Å²) in [5, 5.41) is 21.4. The maximum Gasteiger partial charge on any atom is 0.416 e. The van der Waals surface area contributed by atoms with Crippen LogP contribution in [0.15, 0.2) is 48.7 Å². The lowest BCUT2D eigenvalue weighted by atomic mass is 10.1. The van der Waals surface area contributed by atoms with Crippen LogP contribution in [0.25, 0.3) is 11.3 Å². The van der Waals surface area contributed by atoms with Crippen LogP contribution >= 0.6 is 24.0 Å². The minimum atomic E-state index is -4.53. The molecule has 39 heavy (non-hydrogen) atoms. The minimum absolute atomic E-state index is 0. The Hall–Kier alpha value is -3.32. The first-order valence-electron chi connectivity index (χ1n) is 11.7. The number of hydrogen-bond acceptors (Lipinski definition) is 7. The zero-order valence-corrected chi connectivity index (χ0v) is 21.8. The fourth-order valence-electron chi connectivity index (χ4n) is 4.52. The van der Waals surface area contributed by atoms with Crippen LogP contribution in [0.5, 0.6) is 5.88 Å². The highest BCUT2D eigenvalue weighted by Crippen LogP contribution is 2.43. The lowest BCUT2D eigenvalue weighted by molar-refractivity contribution is -0.137.